The number of imidazole rings is 1. The van der Waals surface area contributed by atoms with Crippen molar-refractivity contribution >= 4 is 35.7 Å². The number of aliphatic hydroxyl groups is 1. The molecule has 346 valence electrons. The molecule has 2 aromatic carbocycles. The van der Waals surface area contributed by atoms with Crippen molar-refractivity contribution in [1.82, 2.24) is 36.6 Å². The van der Waals surface area contributed by atoms with E-state index in [1.165, 1.54) is 19.6 Å². The summed E-state index contributed by atoms with van der Waals surface area (Å²) in [5.74, 6) is -3.05. The van der Waals surface area contributed by atoms with E-state index >= 15 is 0 Å². The van der Waals surface area contributed by atoms with Crippen molar-refractivity contribution in [2.75, 3.05) is 7.11 Å². The normalized spacial score (nSPS) is 14.9. The van der Waals surface area contributed by atoms with E-state index in [1.807, 2.05) is 76.2 Å². The summed E-state index contributed by atoms with van der Waals surface area (Å²) in [7, 11) is 1.26. The first-order valence-electron chi connectivity index (χ1n) is 21.5. The van der Waals surface area contributed by atoms with Gasteiger partial charge in [-0.25, -0.2) is 9.78 Å². The lowest BCUT2D eigenvalue weighted by Gasteiger charge is -2.30. The van der Waals surface area contributed by atoms with Gasteiger partial charge in [0.05, 0.1) is 38.4 Å². The number of nitrogens with one attached hydrogen (secondary N) is 6. The van der Waals surface area contributed by atoms with Crippen LogP contribution < -0.4 is 32.3 Å². The molecule has 0 fully saturated rings. The Hall–Kier alpha value is -5.81. The first-order valence-corrected chi connectivity index (χ1v) is 21.5. The van der Waals surface area contributed by atoms with Crippen LogP contribution in [0.25, 0.3) is 0 Å². The van der Waals surface area contributed by atoms with E-state index in [4.69, 9.17) is 15.2 Å². The molecule has 2 unspecified atom stereocenters. The molecule has 5 amide bonds. The number of esters is 1. The standard InChI is InChI=1S/C46H68N8O9/c1-28(2)19-35(39(55)25-40(56)50-36(20-29(3)4)42(58)51-34(33(47)24-41(57)62-8)21-30-15-11-9-12-16-30)52-44(60)38(23-32-26-48-27-49-32)53-43(59)37(22-31-17-13-10-14-18-31)54-45(61)63-46(5,6)7/h9-18,26-29,33-39,55H,19-25,47H2,1-8H3,(H,48,49)(H,50,56)(H,51,58)(H,52,60)(H,53,59)(H,54,61)/t33?,34?,35-,36-,37-,38-,39-/m0/s1. The van der Waals surface area contributed by atoms with E-state index in [9.17, 15) is 33.9 Å². The molecule has 3 aromatic rings. The highest BCUT2D eigenvalue weighted by Gasteiger charge is 2.34. The monoisotopic (exact) mass is 877 g/mol. The van der Waals surface area contributed by atoms with Crippen LogP contribution in [-0.4, -0.2) is 106 Å². The molecule has 0 radical (unpaired) electrons. The Morgan fingerprint density at radius 1 is 0.698 bits per heavy atom. The van der Waals surface area contributed by atoms with Crippen LogP contribution >= 0.6 is 0 Å². The van der Waals surface area contributed by atoms with E-state index in [2.05, 4.69) is 36.6 Å². The minimum absolute atomic E-state index is 0.0202. The molecule has 17 heteroatoms. The Balaban J connectivity index is 1.80. The second kappa shape index (κ2) is 25.3. The molecule has 3 rings (SSSR count). The summed E-state index contributed by atoms with van der Waals surface area (Å²) in [4.78, 5) is 87.7. The summed E-state index contributed by atoms with van der Waals surface area (Å²) < 4.78 is 10.2. The Labute approximate surface area is 370 Å². The third kappa shape index (κ3) is 19.4. The highest BCUT2D eigenvalue weighted by Crippen LogP contribution is 2.16. The maximum atomic E-state index is 14.2. The minimum atomic E-state index is -1.40. The van der Waals surface area contributed by atoms with E-state index in [0.717, 1.165) is 11.1 Å². The maximum absolute atomic E-state index is 14.2. The Morgan fingerprint density at radius 2 is 1.24 bits per heavy atom. The van der Waals surface area contributed by atoms with Crippen LogP contribution in [0.2, 0.25) is 0 Å². The average molecular weight is 877 g/mol. The number of nitrogens with two attached hydrogens (primary N) is 1. The average Bonchev–Trinajstić information content (AvgIpc) is 3.72. The third-order valence-electron chi connectivity index (χ3n) is 9.95. The predicted molar refractivity (Wildman–Crippen MR) is 238 cm³/mol. The van der Waals surface area contributed by atoms with Crippen LogP contribution in [0.3, 0.4) is 0 Å². The van der Waals surface area contributed by atoms with E-state index < -0.39 is 90.1 Å². The van der Waals surface area contributed by atoms with Crippen LogP contribution in [0.4, 0.5) is 4.79 Å². The van der Waals surface area contributed by atoms with Crippen LogP contribution in [0.15, 0.2) is 73.2 Å². The molecule has 0 spiro atoms. The summed E-state index contributed by atoms with van der Waals surface area (Å²) in [6.07, 6.45) is 1.03. The summed E-state index contributed by atoms with van der Waals surface area (Å²) in [5, 5.41) is 25.6. The molecule has 17 nitrogen and oxygen atoms in total. The number of aromatic nitrogens is 2. The van der Waals surface area contributed by atoms with Crippen molar-refractivity contribution in [3.8, 4) is 0 Å². The lowest BCUT2D eigenvalue weighted by atomic mass is 9.95. The zero-order valence-electron chi connectivity index (χ0n) is 37.8. The van der Waals surface area contributed by atoms with Crippen LogP contribution in [0.5, 0.6) is 0 Å². The van der Waals surface area contributed by atoms with Gasteiger partial charge in [-0.2, -0.15) is 0 Å². The number of alkyl carbamates (subject to hydrolysis) is 1. The minimum Gasteiger partial charge on any atom is -0.469 e. The van der Waals surface area contributed by atoms with Crippen LogP contribution in [0.1, 0.15) is 91.0 Å². The number of carbonyl (C=O) groups excluding carboxylic acids is 6. The SMILES string of the molecule is COC(=O)CC(N)C(Cc1ccccc1)NC(=O)[C@H](CC(C)C)NC(=O)C[C@H](O)[C@H](CC(C)C)NC(=O)[C@H](Cc1cnc[nH]1)NC(=O)[C@H](Cc1ccccc1)NC(=O)OC(C)(C)C. The van der Waals surface area contributed by atoms with Gasteiger partial charge in [-0.05, 0) is 63.0 Å². The lowest BCUT2D eigenvalue weighted by Crippen LogP contribution is -2.58. The van der Waals surface area contributed by atoms with Gasteiger partial charge in [0.15, 0.2) is 0 Å². The highest BCUT2D eigenvalue weighted by atomic mass is 16.6. The van der Waals surface area contributed by atoms with Crippen molar-refractivity contribution in [3.63, 3.8) is 0 Å². The zero-order chi connectivity index (χ0) is 46.7. The molecule has 0 aliphatic rings. The number of ether oxygens (including phenoxy) is 2. The van der Waals surface area contributed by atoms with Crippen molar-refractivity contribution in [2.45, 2.75) is 141 Å². The molecular formula is C46H68N8O9. The maximum Gasteiger partial charge on any atom is 0.408 e. The smallest absolute Gasteiger partial charge is 0.408 e. The summed E-state index contributed by atoms with van der Waals surface area (Å²) >= 11 is 0. The van der Waals surface area contributed by atoms with Crippen molar-refractivity contribution in [2.24, 2.45) is 17.6 Å². The molecule has 9 N–H and O–H groups in total. The van der Waals surface area contributed by atoms with Gasteiger partial charge in [-0.3, -0.25) is 24.0 Å². The van der Waals surface area contributed by atoms with E-state index in [0.29, 0.717) is 12.1 Å². The number of nitrogens with zero attached hydrogens (tertiary/aromatic N) is 1. The molecule has 63 heavy (non-hydrogen) atoms. The largest absolute Gasteiger partial charge is 0.469 e. The quantitative estimate of drug-likeness (QED) is 0.0607. The molecule has 1 heterocycles. The number of hydrogen-bond donors (Lipinski definition) is 8. The first-order chi connectivity index (χ1) is 29.7. The third-order valence-corrected chi connectivity index (χ3v) is 9.95. The van der Waals surface area contributed by atoms with Gasteiger partial charge in [0.2, 0.25) is 23.6 Å². The number of hydrogen-bond acceptors (Lipinski definition) is 11. The second-order valence-electron chi connectivity index (χ2n) is 17.7. The summed E-state index contributed by atoms with van der Waals surface area (Å²) in [5.41, 5.74) is 7.75. The van der Waals surface area contributed by atoms with Crippen molar-refractivity contribution in [1.29, 1.82) is 0 Å². The molecule has 0 saturated carbocycles. The highest BCUT2D eigenvalue weighted by molar-refractivity contribution is 5.92. The van der Waals surface area contributed by atoms with Gasteiger partial charge < -0.3 is 51.9 Å². The number of rotatable bonds is 24. The van der Waals surface area contributed by atoms with Gasteiger partial charge in [-0.15, -0.1) is 0 Å². The summed E-state index contributed by atoms with van der Waals surface area (Å²) in [6, 6.07) is 12.6. The molecule has 0 saturated heterocycles. The molecule has 0 aliphatic heterocycles. The van der Waals surface area contributed by atoms with Gasteiger partial charge >= 0.3 is 12.1 Å². The van der Waals surface area contributed by atoms with E-state index in [-0.39, 0.29) is 43.9 Å². The Morgan fingerprint density at radius 3 is 1.78 bits per heavy atom. The van der Waals surface area contributed by atoms with Gasteiger partial charge in [-0.1, -0.05) is 88.4 Å². The predicted octanol–water partition coefficient (Wildman–Crippen LogP) is 3.00. The molecule has 1 aromatic heterocycles. The Kier molecular flexibility index (Phi) is 20.7. The number of methoxy groups -OCH3 is 1. The number of benzene rings is 2. The van der Waals surface area contributed by atoms with Gasteiger partial charge in [0.25, 0.3) is 0 Å². The fourth-order valence-electron chi connectivity index (χ4n) is 6.88. The van der Waals surface area contributed by atoms with Crippen LogP contribution in [0, 0.1) is 11.8 Å². The number of aromatic amines is 1. The number of aliphatic hydroxyl groups excluding tert-OH is 1. The van der Waals surface area contributed by atoms with E-state index in [1.54, 1.807) is 32.9 Å². The second-order valence-corrected chi connectivity index (χ2v) is 17.7. The fraction of sp³-hybridized carbons (Fsp3) is 0.543. The van der Waals surface area contributed by atoms with Crippen LogP contribution in [-0.2, 0) is 52.7 Å². The number of amides is 5. The zero-order valence-corrected chi connectivity index (χ0v) is 37.8. The first kappa shape index (κ1) is 51.5. The fourth-order valence-corrected chi connectivity index (χ4v) is 6.88. The lowest BCUT2D eigenvalue weighted by molar-refractivity contribution is -0.141. The van der Waals surface area contributed by atoms with Crippen molar-refractivity contribution < 1.29 is 43.3 Å². The Bertz CT molecular complexity index is 1890. The molecule has 0 bridgehead atoms. The van der Waals surface area contributed by atoms with Gasteiger partial charge in [0, 0.05) is 36.8 Å². The molecule has 7 atom stereocenters. The molecular weight excluding hydrogens is 809 g/mol. The van der Waals surface area contributed by atoms with Crippen molar-refractivity contribution in [3.05, 3.63) is 90.0 Å². The topological polar surface area (TPSA) is 256 Å². The van der Waals surface area contributed by atoms with Gasteiger partial charge in [0.1, 0.15) is 23.7 Å². The number of carbonyl (C=O) groups is 6. The number of H-pyrrole nitrogens is 1. The molecule has 0 aliphatic carbocycles. The summed E-state index contributed by atoms with van der Waals surface area (Å²) in [6.45, 7) is 12.7.